The third-order valence-electron chi connectivity index (χ3n) is 4.57. The van der Waals surface area contributed by atoms with E-state index in [1.807, 2.05) is 18.2 Å². The molecule has 0 radical (unpaired) electrons. The number of thioether (sulfide) groups is 1. The van der Waals surface area contributed by atoms with Gasteiger partial charge in [0.15, 0.2) is 4.34 Å². The first kappa shape index (κ1) is 21.2. The normalized spacial score (nSPS) is 16.5. The number of aromatic nitrogens is 1. The van der Waals surface area contributed by atoms with Crippen LogP contribution in [0, 0.1) is 5.82 Å². The second kappa shape index (κ2) is 9.87. The van der Waals surface area contributed by atoms with Gasteiger partial charge in [0.05, 0.1) is 32.8 Å². The molecule has 1 aliphatic rings. The van der Waals surface area contributed by atoms with Crippen molar-refractivity contribution >= 4 is 62.7 Å². The van der Waals surface area contributed by atoms with Crippen LogP contribution in [0.5, 0.6) is 0 Å². The van der Waals surface area contributed by atoms with E-state index in [4.69, 9.17) is 16.3 Å². The van der Waals surface area contributed by atoms with Crippen molar-refractivity contribution in [3.05, 3.63) is 52.8 Å². The lowest BCUT2D eigenvalue weighted by Crippen LogP contribution is -2.32. The fourth-order valence-electron chi connectivity index (χ4n) is 3.02. The number of rotatable bonds is 7. The predicted molar refractivity (Wildman–Crippen MR) is 121 cm³/mol. The van der Waals surface area contributed by atoms with Gasteiger partial charge in [-0.2, -0.15) is 0 Å². The molecule has 1 aliphatic heterocycles. The number of carbonyl (C=O) groups excluding carboxylic acids is 1. The number of fused-ring (bicyclic) bond motifs is 1. The molecule has 156 valence electrons. The van der Waals surface area contributed by atoms with E-state index in [2.05, 4.69) is 15.3 Å². The molecule has 30 heavy (non-hydrogen) atoms. The average molecular weight is 464 g/mol. The molecule has 1 unspecified atom stereocenters. The van der Waals surface area contributed by atoms with E-state index in [0.717, 1.165) is 34.0 Å². The lowest BCUT2D eigenvalue weighted by molar-refractivity contribution is -0.119. The summed E-state index contributed by atoms with van der Waals surface area (Å²) in [6.45, 7) is 1.34. The quantitative estimate of drug-likeness (QED) is 0.385. The van der Waals surface area contributed by atoms with E-state index in [-0.39, 0.29) is 17.6 Å². The van der Waals surface area contributed by atoms with E-state index in [1.54, 1.807) is 12.1 Å². The lowest BCUT2D eigenvalue weighted by Gasteiger charge is -2.09. The van der Waals surface area contributed by atoms with Crippen LogP contribution in [0.1, 0.15) is 18.4 Å². The number of carbonyl (C=O) groups is 1. The Hall–Kier alpha value is -2.00. The fourth-order valence-corrected chi connectivity index (χ4v) is 5.16. The van der Waals surface area contributed by atoms with Gasteiger partial charge in [0.1, 0.15) is 5.82 Å². The highest BCUT2D eigenvalue weighted by Gasteiger charge is 2.16. The molecule has 0 bridgehead atoms. The number of nitrogens with one attached hydrogen (secondary N) is 1. The fraction of sp³-hybridized carbons (Fsp3) is 0.286. The van der Waals surface area contributed by atoms with Crippen molar-refractivity contribution in [3.8, 4) is 0 Å². The van der Waals surface area contributed by atoms with Crippen LogP contribution in [-0.4, -0.2) is 42.1 Å². The van der Waals surface area contributed by atoms with Crippen LogP contribution in [-0.2, 0) is 9.53 Å². The Morgan fingerprint density at radius 1 is 1.43 bits per heavy atom. The maximum Gasteiger partial charge on any atom is 0.230 e. The number of hydrogen-bond acceptors (Lipinski definition) is 6. The summed E-state index contributed by atoms with van der Waals surface area (Å²) in [5, 5.41) is 3.22. The summed E-state index contributed by atoms with van der Waals surface area (Å²) < 4.78 is 21.1. The molecule has 1 aromatic heterocycles. The van der Waals surface area contributed by atoms with Crippen molar-refractivity contribution in [2.45, 2.75) is 23.3 Å². The number of benzene rings is 2. The number of thiazole rings is 1. The summed E-state index contributed by atoms with van der Waals surface area (Å²) in [6.07, 6.45) is 3.62. The molecule has 1 N–H and O–H groups in total. The van der Waals surface area contributed by atoms with Crippen LogP contribution in [0.3, 0.4) is 0 Å². The number of amides is 1. The Balaban J connectivity index is 1.37. The predicted octanol–water partition coefficient (Wildman–Crippen LogP) is 5.23. The molecular formula is C21H19ClFN3O2S2. The van der Waals surface area contributed by atoms with Gasteiger partial charge in [-0.25, -0.2) is 9.37 Å². The highest BCUT2D eigenvalue weighted by atomic mass is 35.5. The lowest BCUT2D eigenvalue weighted by atomic mass is 10.2. The Morgan fingerprint density at radius 3 is 3.13 bits per heavy atom. The average Bonchev–Trinajstić information content (AvgIpc) is 3.39. The molecule has 2 aromatic carbocycles. The summed E-state index contributed by atoms with van der Waals surface area (Å²) in [6, 6.07) is 10.1. The van der Waals surface area contributed by atoms with Gasteiger partial charge in [0, 0.05) is 24.9 Å². The zero-order valence-electron chi connectivity index (χ0n) is 15.9. The molecule has 3 aromatic rings. The zero-order chi connectivity index (χ0) is 20.9. The molecule has 1 saturated heterocycles. The first-order valence-corrected chi connectivity index (χ1v) is 11.7. The van der Waals surface area contributed by atoms with Gasteiger partial charge in [-0.05, 0) is 43.2 Å². The minimum Gasteiger partial charge on any atom is -0.376 e. The third kappa shape index (κ3) is 5.37. The maximum absolute atomic E-state index is 13.9. The van der Waals surface area contributed by atoms with Gasteiger partial charge >= 0.3 is 0 Å². The van der Waals surface area contributed by atoms with Gasteiger partial charge in [-0.15, -0.1) is 11.3 Å². The standard InChI is InChI=1S/C21H19ClFN3O2S2/c22-16-4-1-5-17(23)15(16)11-24-13-6-7-18-19(9-13)30-21(26-18)29-12-20(27)25-10-14-3-2-8-28-14/h1,4-7,9,11,14H,2-3,8,10,12H2,(H,25,27). The van der Waals surface area contributed by atoms with Crippen molar-refractivity contribution in [2.75, 3.05) is 18.9 Å². The van der Waals surface area contributed by atoms with E-state index in [1.165, 1.54) is 35.4 Å². The van der Waals surface area contributed by atoms with Crippen LogP contribution in [0.25, 0.3) is 10.2 Å². The Kier molecular flexibility index (Phi) is 6.99. The van der Waals surface area contributed by atoms with Gasteiger partial charge < -0.3 is 10.1 Å². The molecule has 0 spiro atoms. The molecule has 2 heterocycles. The summed E-state index contributed by atoms with van der Waals surface area (Å²) in [4.78, 5) is 20.9. The zero-order valence-corrected chi connectivity index (χ0v) is 18.3. The largest absolute Gasteiger partial charge is 0.376 e. The minimum atomic E-state index is -0.415. The molecule has 5 nitrogen and oxygen atoms in total. The maximum atomic E-state index is 13.9. The topological polar surface area (TPSA) is 63.6 Å². The number of ether oxygens (including phenoxy) is 1. The van der Waals surface area contributed by atoms with Gasteiger partial charge in [0.2, 0.25) is 5.91 Å². The van der Waals surface area contributed by atoms with Crippen LogP contribution in [0.2, 0.25) is 5.02 Å². The van der Waals surface area contributed by atoms with Gasteiger partial charge in [-0.3, -0.25) is 9.79 Å². The summed E-state index contributed by atoms with van der Waals surface area (Å²) >= 11 is 8.94. The number of hydrogen-bond donors (Lipinski definition) is 1. The Morgan fingerprint density at radius 2 is 2.33 bits per heavy atom. The van der Waals surface area contributed by atoms with Crippen molar-refractivity contribution < 1.29 is 13.9 Å². The molecule has 0 aliphatic carbocycles. The van der Waals surface area contributed by atoms with E-state index in [0.29, 0.717) is 23.0 Å². The first-order chi connectivity index (χ1) is 14.6. The first-order valence-electron chi connectivity index (χ1n) is 9.48. The monoisotopic (exact) mass is 463 g/mol. The molecular weight excluding hydrogens is 445 g/mol. The number of halogens is 2. The van der Waals surface area contributed by atoms with Gasteiger partial charge in [0.25, 0.3) is 0 Å². The minimum absolute atomic E-state index is 0.0261. The molecule has 1 fully saturated rings. The third-order valence-corrected chi connectivity index (χ3v) is 7.06. The van der Waals surface area contributed by atoms with Crippen molar-refractivity contribution in [1.82, 2.24) is 10.3 Å². The Bertz CT molecular complexity index is 1060. The SMILES string of the molecule is O=C(CSc1nc2ccc(N=Cc3c(F)cccc3Cl)cc2s1)NCC1CCCO1. The van der Waals surface area contributed by atoms with Crippen molar-refractivity contribution in [2.24, 2.45) is 4.99 Å². The second-order valence-electron chi connectivity index (χ2n) is 6.75. The second-order valence-corrected chi connectivity index (χ2v) is 9.41. The van der Waals surface area contributed by atoms with Crippen LogP contribution in [0.4, 0.5) is 10.1 Å². The molecule has 0 saturated carbocycles. The molecule has 1 atom stereocenters. The van der Waals surface area contributed by atoms with Crippen LogP contribution in [0.15, 0.2) is 45.7 Å². The smallest absolute Gasteiger partial charge is 0.230 e. The molecule has 1 amide bonds. The highest BCUT2D eigenvalue weighted by Crippen LogP contribution is 2.32. The van der Waals surface area contributed by atoms with Crippen LogP contribution >= 0.6 is 34.7 Å². The Labute approximate surface area is 186 Å². The number of aliphatic imine (C=N–C) groups is 1. The van der Waals surface area contributed by atoms with E-state index in [9.17, 15) is 9.18 Å². The van der Waals surface area contributed by atoms with Crippen molar-refractivity contribution in [3.63, 3.8) is 0 Å². The highest BCUT2D eigenvalue weighted by molar-refractivity contribution is 8.01. The number of nitrogens with zero attached hydrogens (tertiary/aromatic N) is 2. The summed E-state index contributed by atoms with van der Waals surface area (Å²) in [5.41, 5.74) is 1.77. The van der Waals surface area contributed by atoms with E-state index >= 15 is 0 Å². The van der Waals surface area contributed by atoms with Crippen LogP contribution < -0.4 is 5.32 Å². The van der Waals surface area contributed by atoms with Gasteiger partial charge in [-0.1, -0.05) is 29.4 Å². The van der Waals surface area contributed by atoms with E-state index < -0.39 is 5.82 Å². The summed E-state index contributed by atoms with van der Waals surface area (Å²) in [7, 11) is 0. The molecule has 9 heteroatoms. The summed E-state index contributed by atoms with van der Waals surface area (Å²) in [5.74, 6) is -0.132. The molecule has 4 rings (SSSR count). The van der Waals surface area contributed by atoms with Crippen molar-refractivity contribution in [1.29, 1.82) is 0 Å².